The van der Waals surface area contributed by atoms with Crippen LogP contribution in [-0.4, -0.2) is 24.9 Å². The Hall–Kier alpha value is -0.340. The number of rotatable bonds is 7. The van der Waals surface area contributed by atoms with E-state index in [1.165, 1.54) is 12.0 Å². The quantitative estimate of drug-likeness (QED) is 0.640. The molecule has 0 bridgehead atoms. The summed E-state index contributed by atoms with van der Waals surface area (Å²) in [6.07, 6.45) is 5.38. The van der Waals surface area contributed by atoms with Crippen LogP contribution in [0.1, 0.15) is 40.0 Å². The fourth-order valence-corrected chi connectivity index (χ4v) is 1.48. The third-order valence-corrected chi connectivity index (χ3v) is 2.68. The standard InChI is InChI=1S/C12H24O2/c1-5-10(2)8-12(14-4)9-11(3)6-7-13/h6,10,12-13H,5,7-9H2,1-4H3. The van der Waals surface area contributed by atoms with Crippen LogP contribution in [0, 0.1) is 5.92 Å². The molecule has 2 unspecified atom stereocenters. The molecule has 0 aliphatic rings. The van der Waals surface area contributed by atoms with Gasteiger partial charge in [0.15, 0.2) is 0 Å². The van der Waals surface area contributed by atoms with Gasteiger partial charge < -0.3 is 9.84 Å². The molecule has 84 valence electrons. The molecule has 0 amide bonds. The fourth-order valence-electron chi connectivity index (χ4n) is 1.48. The van der Waals surface area contributed by atoms with Crippen LogP contribution in [0.3, 0.4) is 0 Å². The highest BCUT2D eigenvalue weighted by Crippen LogP contribution is 2.17. The molecular formula is C12H24O2. The van der Waals surface area contributed by atoms with Gasteiger partial charge in [0.2, 0.25) is 0 Å². The van der Waals surface area contributed by atoms with Gasteiger partial charge in [-0.1, -0.05) is 31.9 Å². The Morgan fingerprint density at radius 1 is 1.50 bits per heavy atom. The number of aliphatic hydroxyl groups excluding tert-OH is 1. The molecule has 0 spiro atoms. The maximum Gasteiger partial charge on any atom is 0.0614 e. The van der Waals surface area contributed by atoms with Gasteiger partial charge in [-0.2, -0.15) is 0 Å². The predicted molar refractivity (Wildman–Crippen MR) is 60.3 cm³/mol. The van der Waals surface area contributed by atoms with Gasteiger partial charge in [0, 0.05) is 7.11 Å². The van der Waals surface area contributed by atoms with Crippen LogP contribution < -0.4 is 0 Å². The third kappa shape index (κ3) is 6.17. The SMILES string of the molecule is CCC(C)CC(CC(C)=CCO)OC. The van der Waals surface area contributed by atoms with E-state index in [1.807, 2.05) is 13.0 Å². The zero-order valence-electron chi connectivity index (χ0n) is 9.92. The van der Waals surface area contributed by atoms with Gasteiger partial charge in [0.05, 0.1) is 12.7 Å². The highest BCUT2D eigenvalue weighted by molar-refractivity contribution is 4.99. The summed E-state index contributed by atoms with van der Waals surface area (Å²) in [4.78, 5) is 0. The van der Waals surface area contributed by atoms with Crippen molar-refractivity contribution < 1.29 is 9.84 Å². The monoisotopic (exact) mass is 200 g/mol. The van der Waals surface area contributed by atoms with E-state index in [9.17, 15) is 0 Å². The Labute approximate surface area is 88.0 Å². The van der Waals surface area contributed by atoms with Gasteiger partial charge in [-0.15, -0.1) is 0 Å². The van der Waals surface area contributed by atoms with Crippen molar-refractivity contribution in [3.8, 4) is 0 Å². The summed E-state index contributed by atoms with van der Waals surface area (Å²) in [6, 6.07) is 0. The first kappa shape index (κ1) is 13.7. The van der Waals surface area contributed by atoms with E-state index in [0.717, 1.165) is 12.8 Å². The Kier molecular flexibility index (Phi) is 7.81. The number of ether oxygens (including phenoxy) is 1. The fraction of sp³-hybridized carbons (Fsp3) is 0.833. The molecule has 0 heterocycles. The molecule has 0 radical (unpaired) electrons. The summed E-state index contributed by atoms with van der Waals surface area (Å²) in [5.74, 6) is 0.710. The molecule has 2 heteroatoms. The van der Waals surface area contributed by atoms with E-state index < -0.39 is 0 Å². The molecule has 14 heavy (non-hydrogen) atoms. The summed E-state index contributed by atoms with van der Waals surface area (Å²) in [7, 11) is 1.76. The van der Waals surface area contributed by atoms with E-state index >= 15 is 0 Å². The molecule has 2 atom stereocenters. The zero-order chi connectivity index (χ0) is 11.0. The van der Waals surface area contributed by atoms with Crippen LogP contribution in [0.4, 0.5) is 0 Å². The van der Waals surface area contributed by atoms with Gasteiger partial charge in [-0.3, -0.25) is 0 Å². The summed E-state index contributed by atoms with van der Waals surface area (Å²) >= 11 is 0. The average Bonchev–Trinajstić information content (AvgIpc) is 2.16. The Morgan fingerprint density at radius 2 is 2.14 bits per heavy atom. The van der Waals surface area contributed by atoms with Crippen LogP contribution in [-0.2, 0) is 4.74 Å². The topological polar surface area (TPSA) is 29.5 Å². The first-order chi connectivity index (χ1) is 6.63. The first-order valence-electron chi connectivity index (χ1n) is 5.43. The summed E-state index contributed by atoms with van der Waals surface area (Å²) in [5.41, 5.74) is 1.21. The first-order valence-corrected chi connectivity index (χ1v) is 5.43. The highest BCUT2D eigenvalue weighted by atomic mass is 16.5. The lowest BCUT2D eigenvalue weighted by molar-refractivity contribution is 0.0819. The van der Waals surface area contributed by atoms with Crippen LogP contribution in [0.5, 0.6) is 0 Å². The maximum atomic E-state index is 8.73. The van der Waals surface area contributed by atoms with E-state index in [-0.39, 0.29) is 6.61 Å². The van der Waals surface area contributed by atoms with Crippen molar-refractivity contribution in [3.05, 3.63) is 11.6 Å². The molecular weight excluding hydrogens is 176 g/mol. The molecule has 0 rings (SSSR count). The van der Waals surface area contributed by atoms with Gasteiger partial charge in [0.25, 0.3) is 0 Å². The second-order valence-corrected chi connectivity index (χ2v) is 4.04. The number of hydrogen-bond donors (Lipinski definition) is 1. The van der Waals surface area contributed by atoms with Crippen LogP contribution in [0.2, 0.25) is 0 Å². The molecule has 2 nitrogen and oxygen atoms in total. The molecule has 0 saturated carbocycles. The number of hydrogen-bond acceptors (Lipinski definition) is 2. The largest absolute Gasteiger partial charge is 0.392 e. The minimum atomic E-state index is 0.131. The predicted octanol–water partition coefficient (Wildman–Crippen LogP) is 2.77. The van der Waals surface area contributed by atoms with Gasteiger partial charge in [0.1, 0.15) is 0 Å². The average molecular weight is 200 g/mol. The lowest BCUT2D eigenvalue weighted by atomic mass is 9.97. The third-order valence-electron chi connectivity index (χ3n) is 2.68. The second-order valence-electron chi connectivity index (χ2n) is 4.04. The molecule has 0 saturated heterocycles. The summed E-state index contributed by atoms with van der Waals surface area (Å²) in [5, 5.41) is 8.73. The summed E-state index contributed by atoms with van der Waals surface area (Å²) < 4.78 is 5.42. The zero-order valence-corrected chi connectivity index (χ0v) is 9.92. The second kappa shape index (κ2) is 8.01. The Morgan fingerprint density at radius 3 is 2.57 bits per heavy atom. The van der Waals surface area contributed by atoms with Crippen LogP contribution in [0.15, 0.2) is 11.6 Å². The van der Waals surface area contributed by atoms with E-state index in [1.54, 1.807) is 7.11 Å². The van der Waals surface area contributed by atoms with Crippen molar-refractivity contribution in [3.63, 3.8) is 0 Å². The van der Waals surface area contributed by atoms with Crippen molar-refractivity contribution >= 4 is 0 Å². The van der Waals surface area contributed by atoms with Crippen molar-refractivity contribution in [1.29, 1.82) is 0 Å². The van der Waals surface area contributed by atoms with E-state index in [0.29, 0.717) is 12.0 Å². The van der Waals surface area contributed by atoms with Gasteiger partial charge in [-0.25, -0.2) is 0 Å². The van der Waals surface area contributed by atoms with Crippen LogP contribution >= 0.6 is 0 Å². The van der Waals surface area contributed by atoms with Crippen molar-refractivity contribution in [2.45, 2.75) is 46.1 Å². The molecule has 0 aromatic rings. The number of methoxy groups -OCH3 is 1. The minimum absolute atomic E-state index is 0.131. The minimum Gasteiger partial charge on any atom is -0.392 e. The van der Waals surface area contributed by atoms with E-state index in [2.05, 4.69) is 13.8 Å². The molecule has 0 aliphatic heterocycles. The van der Waals surface area contributed by atoms with Gasteiger partial charge >= 0.3 is 0 Å². The summed E-state index contributed by atoms with van der Waals surface area (Å²) in [6.45, 7) is 6.62. The molecule has 0 fully saturated rings. The molecule has 1 N–H and O–H groups in total. The highest BCUT2D eigenvalue weighted by Gasteiger charge is 2.11. The van der Waals surface area contributed by atoms with Gasteiger partial charge in [-0.05, 0) is 25.7 Å². The lowest BCUT2D eigenvalue weighted by Gasteiger charge is -2.19. The number of aliphatic hydroxyl groups is 1. The van der Waals surface area contributed by atoms with Crippen molar-refractivity contribution in [2.75, 3.05) is 13.7 Å². The van der Waals surface area contributed by atoms with Crippen molar-refractivity contribution in [1.82, 2.24) is 0 Å². The molecule has 0 aromatic carbocycles. The lowest BCUT2D eigenvalue weighted by Crippen LogP contribution is -2.15. The maximum absolute atomic E-state index is 8.73. The van der Waals surface area contributed by atoms with E-state index in [4.69, 9.17) is 9.84 Å². The smallest absolute Gasteiger partial charge is 0.0614 e. The molecule has 0 aromatic heterocycles. The molecule has 0 aliphatic carbocycles. The van der Waals surface area contributed by atoms with Crippen LogP contribution in [0.25, 0.3) is 0 Å². The Bertz CT molecular complexity index is 164. The van der Waals surface area contributed by atoms with Crippen molar-refractivity contribution in [2.24, 2.45) is 5.92 Å². The normalized spacial score (nSPS) is 16.8. The Balaban J connectivity index is 3.96.